The van der Waals surface area contributed by atoms with Crippen LogP contribution in [-0.4, -0.2) is 23.9 Å². The van der Waals surface area contributed by atoms with Crippen molar-refractivity contribution in [1.82, 2.24) is 14.9 Å². The molecule has 152 valence electrons. The first-order chi connectivity index (χ1) is 14.4. The van der Waals surface area contributed by atoms with E-state index in [9.17, 15) is 13.2 Å². The van der Waals surface area contributed by atoms with Crippen molar-refractivity contribution in [1.29, 1.82) is 0 Å². The molecule has 6 nitrogen and oxygen atoms in total. The molecule has 4 rings (SSSR count). The number of fused-ring (bicyclic) bond motifs is 1. The van der Waals surface area contributed by atoms with Crippen molar-refractivity contribution in [2.75, 3.05) is 0 Å². The highest BCUT2D eigenvalue weighted by Crippen LogP contribution is 2.30. The van der Waals surface area contributed by atoms with Gasteiger partial charge in [0.2, 0.25) is 15.7 Å². The minimum Gasteiger partial charge on any atom is -0.349 e. The molecule has 30 heavy (non-hydrogen) atoms. The maximum atomic E-state index is 13.2. The maximum Gasteiger partial charge on any atom is 0.240 e. The smallest absolute Gasteiger partial charge is 0.240 e. The first-order valence-corrected chi connectivity index (χ1v) is 11.0. The van der Waals surface area contributed by atoms with E-state index in [-0.39, 0.29) is 22.2 Å². The van der Waals surface area contributed by atoms with Gasteiger partial charge in [-0.05, 0) is 37.3 Å². The van der Waals surface area contributed by atoms with Gasteiger partial charge in [0.25, 0.3) is 0 Å². The topological polar surface area (TPSA) is 81.1 Å². The Morgan fingerprint density at radius 2 is 1.73 bits per heavy atom. The molecule has 1 amide bonds. The molecule has 1 N–H and O–H groups in total. The quantitative estimate of drug-likeness (QED) is 0.519. The lowest BCUT2D eigenvalue weighted by Gasteiger charge is -2.07. The highest BCUT2D eigenvalue weighted by Gasteiger charge is 2.23. The Labute approximate surface area is 175 Å². The minimum atomic E-state index is -3.72. The fourth-order valence-electron chi connectivity index (χ4n) is 3.30. The number of carbonyl (C=O) groups is 1. The van der Waals surface area contributed by atoms with Crippen molar-refractivity contribution in [2.45, 2.75) is 29.8 Å². The molecule has 2 heterocycles. The summed E-state index contributed by atoms with van der Waals surface area (Å²) in [5.41, 5.74) is 2.43. The number of hydrogen-bond donors (Lipinski definition) is 1. The number of para-hydroxylation sites is 1. The first kappa shape index (κ1) is 19.8. The Morgan fingerprint density at radius 3 is 2.47 bits per heavy atom. The summed E-state index contributed by atoms with van der Waals surface area (Å²) in [7, 11) is -3.72. The second-order valence-electron chi connectivity index (χ2n) is 7.05. The van der Waals surface area contributed by atoms with Crippen molar-refractivity contribution < 1.29 is 13.2 Å². The van der Waals surface area contributed by atoms with Gasteiger partial charge in [-0.1, -0.05) is 42.0 Å². The van der Waals surface area contributed by atoms with Gasteiger partial charge < -0.3 is 9.88 Å². The summed E-state index contributed by atoms with van der Waals surface area (Å²) in [6, 6.07) is 19.5. The molecule has 0 atom stereocenters. The van der Waals surface area contributed by atoms with Crippen LogP contribution < -0.4 is 5.32 Å². The summed E-state index contributed by atoms with van der Waals surface area (Å²) >= 11 is 0. The second-order valence-corrected chi connectivity index (χ2v) is 8.97. The lowest BCUT2D eigenvalue weighted by molar-refractivity contribution is -0.121. The van der Waals surface area contributed by atoms with Crippen molar-refractivity contribution >= 4 is 26.6 Å². The van der Waals surface area contributed by atoms with Crippen LogP contribution in [0.3, 0.4) is 0 Å². The van der Waals surface area contributed by atoms with E-state index in [0.29, 0.717) is 17.4 Å². The zero-order valence-electron chi connectivity index (χ0n) is 16.4. The van der Waals surface area contributed by atoms with Gasteiger partial charge >= 0.3 is 0 Å². The molecule has 4 aromatic rings. The van der Waals surface area contributed by atoms with Gasteiger partial charge in [0, 0.05) is 23.3 Å². The predicted molar refractivity (Wildman–Crippen MR) is 115 cm³/mol. The Hall–Kier alpha value is -3.45. The van der Waals surface area contributed by atoms with Gasteiger partial charge in [-0.3, -0.25) is 9.78 Å². The van der Waals surface area contributed by atoms with Crippen molar-refractivity contribution in [3.63, 3.8) is 0 Å². The minimum absolute atomic E-state index is 0.0107. The van der Waals surface area contributed by atoms with Gasteiger partial charge in [0.1, 0.15) is 6.54 Å². The fraction of sp³-hybridized carbons (Fsp3) is 0.130. The molecule has 0 unspecified atom stereocenters. The number of nitrogens with one attached hydrogen (secondary N) is 1. The Kier molecular flexibility index (Phi) is 5.37. The lowest BCUT2D eigenvalue weighted by atomic mass is 10.2. The Morgan fingerprint density at radius 1 is 1.00 bits per heavy atom. The summed E-state index contributed by atoms with van der Waals surface area (Å²) in [6.45, 7) is 2.23. The van der Waals surface area contributed by atoms with Crippen LogP contribution in [0.4, 0.5) is 0 Å². The maximum absolute atomic E-state index is 13.2. The molecular weight excluding hydrogens is 398 g/mol. The average molecular weight is 420 g/mol. The number of carbonyl (C=O) groups excluding carboxylic acids is 1. The number of hydrogen-bond acceptors (Lipinski definition) is 4. The molecule has 0 saturated carbocycles. The monoisotopic (exact) mass is 419 g/mol. The molecule has 7 heteroatoms. The number of rotatable bonds is 6. The standard InChI is InChI=1S/C23H21N3O3S/c1-17-9-11-19(12-10-17)30(28,29)22-15-26(21-8-3-2-7-20(21)22)16-23(27)25-14-18-6-4-5-13-24-18/h2-13,15H,14,16H2,1H3,(H,25,27). The van der Waals surface area contributed by atoms with Crippen LogP contribution in [0.1, 0.15) is 11.3 Å². The third-order valence-corrected chi connectivity index (χ3v) is 6.68. The molecule has 0 aliphatic carbocycles. The van der Waals surface area contributed by atoms with Gasteiger partial charge in [-0.25, -0.2) is 8.42 Å². The zero-order valence-corrected chi connectivity index (χ0v) is 17.3. The van der Waals surface area contributed by atoms with E-state index in [1.807, 2.05) is 37.3 Å². The van der Waals surface area contributed by atoms with Gasteiger partial charge in [-0.2, -0.15) is 0 Å². The molecule has 2 aromatic heterocycles. The summed E-state index contributed by atoms with van der Waals surface area (Å²) in [4.78, 5) is 17.1. The molecule has 0 bridgehead atoms. The fourth-order valence-corrected chi connectivity index (χ4v) is 4.78. The van der Waals surface area contributed by atoms with E-state index in [2.05, 4.69) is 10.3 Å². The van der Waals surface area contributed by atoms with Crippen molar-refractivity contribution in [3.05, 3.63) is 90.4 Å². The first-order valence-electron chi connectivity index (χ1n) is 9.51. The van der Waals surface area contributed by atoms with E-state index in [4.69, 9.17) is 0 Å². The number of sulfone groups is 1. The van der Waals surface area contributed by atoms with Crippen LogP contribution >= 0.6 is 0 Å². The van der Waals surface area contributed by atoms with Gasteiger partial charge in [-0.15, -0.1) is 0 Å². The normalized spacial score (nSPS) is 11.5. The lowest BCUT2D eigenvalue weighted by Crippen LogP contribution is -2.27. The predicted octanol–water partition coefficient (Wildman–Crippen LogP) is 3.49. The molecule has 0 spiro atoms. The van der Waals surface area contributed by atoms with Crippen LogP contribution in [0.25, 0.3) is 10.9 Å². The van der Waals surface area contributed by atoms with E-state index in [0.717, 1.165) is 11.3 Å². The number of aryl methyl sites for hydroxylation is 1. The molecular formula is C23H21N3O3S. The number of pyridine rings is 1. The second kappa shape index (κ2) is 8.12. The van der Waals surface area contributed by atoms with Crippen LogP contribution in [0.5, 0.6) is 0 Å². The summed E-state index contributed by atoms with van der Waals surface area (Å²) in [6.07, 6.45) is 3.21. The number of aromatic nitrogens is 2. The summed E-state index contributed by atoms with van der Waals surface area (Å²) < 4.78 is 28.2. The molecule has 0 saturated heterocycles. The van der Waals surface area contributed by atoms with Gasteiger partial charge in [0.05, 0.1) is 22.0 Å². The third kappa shape index (κ3) is 3.97. The number of amides is 1. The molecule has 0 fully saturated rings. The number of nitrogens with zero attached hydrogens (tertiary/aromatic N) is 2. The molecule has 0 aliphatic heterocycles. The largest absolute Gasteiger partial charge is 0.349 e. The van der Waals surface area contributed by atoms with Crippen LogP contribution in [-0.2, 0) is 27.7 Å². The zero-order chi connectivity index (χ0) is 21.1. The van der Waals surface area contributed by atoms with Crippen LogP contribution in [0, 0.1) is 6.92 Å². The van der Waals surface area contributed by atoms with E-state index >= 15 is 0 Å². The SMILES string of the molecule is Cc1ccc(S(=O)(=O)c2cn(CC(=O)NCc3ccccn3)c3ccccc23)cc1. The summed E-state index contributed by atoms with van der Waals surface area (Å²) in [5, 5.41) is 3.42. The van der Waals surface area contributed by atoms with Crippen LogP contribution in [0.15, 0.2) is 88.9 Å². The average Bonchev–Trinajstić information content (AvgIpc) is 3.13. The van der Waals surface area contributed by atoms with Gasteiger partial charge in [0.15, 0.2) is 0 Å². The summed E-state index contributed by atoms with van der Waals surface area (Å²) in [5.74, 6) is -0.222. The highest BCUT2D eigenvalue weighted by atomic mass is 32.2. The van der Waals surface area contributed by atoms with Crippen molar-refractivity contribution in [2.24, 2.45) is 0 Å². The van der Waals surface area contributed by atoms with Crippen molar-refractivity contribution in [3.8, 4) is 0 Å². The Bertz CT molecular complexity index is 1290. The van der Waals surface area contributed by atoms with E-state index in [1.54, 1.807) is 53.4 Å². The molecule has 0 aliphatic rings. The van der Waals surface area contributed by atoms with E-state index < -0.39 is 9.84 Å². The molecule has 2 aromatic carbocycles. The third-order valence-electron chi connectivity index (χ3n) is 4.88. The van der Waals surface area contributed by atoms with E-state index in [1.165, 1.54) is 0 Å². The number of benzene rings is 2. The molecule has 0 radical (unpaired) electrons. The van der Waals surface area contributed by atoms with Crippen LogP contribution in [0.2, 0.25) is 0 Å². The Balaban J connectivity index is 1.64. The highest BCUT2D eigenvalue weighted by molar-refractivity contribution is 7.91.